The maximum Gasteiger partial charge on any atom is 0.336 e. The Labute approximate surface area is 131 Å². The molecule has 1 saturated heterocycles. The van der Waals surface area contributed by atoms with Gasteiger partial charge in [0.2, 0.25) is 0 Å². The van der Waals surface area contributed by atoms with E-state index in [2.05, 4.69) is 15.9 Å². The molecule has 1 atom stereocenters. The smallest absolute Gasteiger partial charge is 0.336 e. The molecule has 6 nitrogen and oxygen atoms in total. The molecule has 0 amide bonds. The third-order valence-electron chi connectivity index (χ3n) is 3.98. The number of piperidine rings is 1. The zero-order valence-electron chi connectivity index (χ0n) is 11.9. The van der Waals surface area contributed by atoms with Gasteiger partial charge in [0.15, 0.2) is 0 Å². The Morgan fingerprint density at radius 3 is 2.71 bits per heavy atom. The van der Waals surface area contributed by atoms with E-state index in [1.807, 2.05) is 11.8 Å². The van der Waals surface area contributed by atoms with E-state index in [0.29, 0.717) is 15.7 Å². The van der Waals surface area contributed by atoms with Crippen molar-refractivity contribution >= 4 is 33.3 Å². The van der Waals surface area contributed by atoms with Gasteiger partial charge in [-0.25, -0.2) is 4.79 Å². The molecule has 0 bridgehead atoms. The molecule has 1 aliphatic heterocycles. The van der Waals surface area contributed by atoms with Gasteiger partial charge in [-0.1, -0.05) is 0 Å². The minimum Gasteiger partial charge on any atom is -0.478 e. The minimum absolute atomic E-state index is 0.0398. The van der Waals surface area contributed by atoms with Gasteiger partial charge in [0.1, 0.15) is 5.69 Å². The molecule has 0 spiro atoms. The van der Waals surface area contributed by atoms with E-state index >= 15 is 0 Å². The summed E-state index contributed by atoms with van der Waals surface area (Å²) in [6.45, 7) is 4.44. The van der Waals surface area contributed by atoms with E-state index in [1.54, 1.807) is 6.92 Å². The molecule has 1 fully saturated rings. The number of nitro benzene ring substituents is 1. The predicted octanol–water partition coefficient (Wildman–Crippen LogP) is 3.74. The number of carboxylic acids is 1. The van der Waals surface area contributed by atoms with Crippen molar-refractivity contribution in [2.45, 2.75) is 39.2 Å². The molecule has 0 aromatic heterocycles. The number of rotatable bonds is 3. The van der Waals surface area contributed by atoms with Crippen LogP contribution >= 0.6 is 15.9 Å². The summed E-state index contributed by atoms with van der Waals surface area (Å²) in [5.74, 6) is -1.16. The first-order valence-electron chi connectivity index (χ1n) is 6.82. The number of nitrogens with zero attached hydrogens (tertiary/aromatic N) is 2. The lowest BCUT2D eigenvalue weighted by Gasteiger charge is -2.36. The fraction of sp³-hybridized carbons (Fsp3) is 0.500. The maximum atomic E-state index is 11.4. The molecule has 2 rings (SSSR count). The highest BCUT2D eigenvalue weighted by Crippen LogP contribution is 2.42. The Morgan fingerprint density at radius 1 is 1.52 bits per heavy atom. The molecule has 1 unspecified atom stereocenters. The van der Waals surface area contributed by atoms with E-state index in [9.17, 15) is 20.0 Å². The van der Waals surface area contributed by atoms with E-state index in [4.69, 9.17) is 0 Å². The van der Waals surface area contributed by atoms with Crippen LogP contribution in [0.4, 0.5) is 11.4 Å². The first kappa shape index (κ1) is 15.8. The molecule has 1 aliphatic rings. The molecular weight excluding hydrogens is 340 g/mol. The minimum atomic E-state index is -1.16. The number of anilines is 1. The van der Waals surface area contributed by atoms with Crippen LogP contribution in [0.3, 0.4) is 0 Å². The van der Waals surface area contributed by atoms with Gasteiger partial charge in [0.05, 0.1) is 15.0 Å². The molecule has 1 N–H and O–H groups in total. The van der Waals surface area contributed by atoms with E-state index in [0.717, 1.165) is 25.8 Å². The summed E-state index contributed by atoms with van der Waals surface area (Å²) < 4.78 is 0.503. The zero-order chi connectivity index (χ0) is 15.7. The highest BCUT2D eigenvalue weighted by atomic mass is 79.9. The fourth-order valence-corrected chi connectivity index (χ4v) is 3.43. The second kappa shape index (κ2) is 6.01. The Hall–Kier alpha value is -1.63. The number of aromatic carboxylic acids is 1. The molecule has 0 saturated carbocycles. The van der Waals surface area contributed by atoms with Crippen LogP contribution in [0.2, 0.25) is 0 Å². The molecule has 1 aromatic carbocycles. The Balaban J connectivity index is 2.66. The van der Waals surface area contributed by atoms with Crippen molar-refractivity contribution < 1.29 is 14.8 Å². The van der Waals surface area contributed by atoms with Crippen molar-refractivity contribution in [3.63, 3.8) is 0 Å². The maximum absolute atomic E-state index is 11.4. The summed E-state index contributed by atoms with van der Waals surface area (Å²) in [7, 11) is 0. The van der Waals surface area contributed by atoms with Gasteiger partial charge in [0, 0.05) is 18.7 Å². The van der Waals surface area contributed by atoms with Crippen molar-refractivity contribution in [1.29, 1.82) is 0 Å². The highest BCUT2D eigenvalue weighted by molar-refractivity contribution is 9.10. The van der Waals surface area contributed by atoms with Crippen LogP contribution in [0.25, 0.3) is 0 Å². The Kier molecular flexibility index (Phi) is 4.51. The van der Waals surface area contributed by atoms with Gasteiger partial charge < -0.3 is 10.0 Å². The van der Waals surface area contributed by atoms with Crippen LogP contribution in [0.1, 0.15) is 42.1 Å². The van der Waals surface area contributed by atoms with Gasteiger partial charge in [-0.3, -0.25) is 10.1 Å². The summed E-state index contributed by atoms with van der Waals surface area (Å²) in [5, 5.41) is 20.6. The number of halogens is 1. The average Bonchev–Trinajstić information content (AvgIpc) is 2.42. The summed E-state index contributed by atoms with van der Waals surface area (Å²) >= 11 is 3.37. The van der Waals surface area contributed by atoms with Crippen LogP contribution in [0.5, 0.6) is 0 Å². The van der Waals surface area contributed by atoms with Gasteiger partial charge in [-0.15, -0.1) is 0 Å². The van der Waals surface area contributed by atoms with Gasteiger partial charge >= 0.3 is 5.97 Å². The first-order chi connectivity index (χ1) is 9.84. The Morgan fingerprint density at radius 2 is 2.19 bits per heavy atom. The number of benzene rings is 1. The van der Waals surface area contributed by atoms with Crippen LogP contribution in [0, 0.1) is 17.0 Å². The topological polar surface area (TPSA) is 83.7 Å². The summed E-state index contributed by atoms with van der Waals surface area (Å²) in [6, 6.07) is 1.36. The molecule has 0 radical (unpaired) electrons. The quantitative estimate of drug-likeness (QED) is 0.658. The van der Waals surface area contributed by atoms with Crippen molar-refractivity contribution in [1.82, 2.24) is 0 Å². The van der Waals surface area contributed by atoms with Gasteiger partial charge in [-0.2, -0.15) is 0 Å². The summed E-state index contributed by atoms with van der Waals surface area (Å²) in [4.78, 5) is 24.1. The SMILES string of the molecule is Cc1c(C(=O)O)cc([N+](=O)[O-])c(N2CCCCC2C)c1Br. The van der Waals surface area contributed by atoms with Gasteiger partial charge in [0.25, 0.3) is 5.69 Å². The first-order valence-corrected chi connectivity index (χ1v) is 7.61. The van der Waals surface area contributed by atoms with Crippen molar-refractivity contribution in [3.05, 3.63) is 31.8 Å². The van der Waals surface area contributed by atoms with Crippen LogP contribution in [0.15, 0.2) is 10.5 Å². The number of hydrogen-bond donors (Lipinski definition) is 1. The fourth-order valence-electron chi connectivity index (χ4n) is 2.79. The standard InChI is InChI=1S/C14H17BrN2O4/c1-8-5-3-4-6-16(8)13-11(17(20)21)7-10(14(18)19)9(2)12(13)15/h7-8H,3-6H2,1-2H3,(H,18,19). The second-order valence-corrected chi connectivity index (χ2v) is 6.12. The molecule has 114 valence electrons. The molecular formula is C14H17BrN2O4. The largest absolute Gasteiger partial charge is 0.478 e. The summed E-state index contributed by atoms with van der Waals surface area (Å²) in [6.07, 6.45) is 3.06. The molecule has 0 aliphatic carbocycles. The summed E-state index contributed by atoms with van der Waals surface area (Å²) in [5.41, 5.74) is 0.816. The molecule has 21 heavy (non-hydrogen) atoms. The van der Waals surface area contributed by atoms with Crippen LogP contribution in [-0.2, 0) is 0 Å². The third kappa shape index (κ3) is 2.88. The molecule has 1 heterocycles. The third-order valence-corrected chi connectivity index (χ3v) is 4.95. The van der Waals surface area contributed by atoms with Crippen molar-refractivity contribution in [2.75, 3.05) is 11.4 Å². The van der Waals surface area contributed by atoms with E-state index in [1.165, 1.54) is 6.07 Å². The van der Waals surface area contributed by atoms with E-state index < -0.39 is 10.9 Å². The van der Waals surface area contributed by atoms with Gasteiger partial charge in [-0.05, 0) is 54.6 Å². The van der Waals surface area contributed by atoms with Crippen molar-refractivity contribution in [3.8, 4) is 0 Å². The highest BCUT2D eigenvalue weighted by Gasteiger charge is 2.31. The zero-order valence-corrected chi connectivity index (χ0v) is 13.5. The van der Waals surface area contributed by atoms with Crippen LogP contribution in [-0.4, -0.2) is 28.6 Å². The lowest BCUT2D eigenvalue weighted by Crippen LogP contribution is -2.38. The molecule has 7 heteroatoms. The second-order valence-electron chi connectivity index (χ2n) is 5.33. The predicted molar refractivity (Wildman–Crippen MR) is 83.2 cm³/mol. The normalized spacial score (nSPS) is 18.6. The number of carbonyl (C=O) groups is 1. The van der Waals surface area contributed by atoms with Crippen molar-refractivity contribution in [2.24, 2.45) is 0 Å². The van der Waals surface area contributed by atoms with E-state index in [-0.39, 0.29) is 17.3 Å². The Bertz CT molecular complexity index is 603. The lowest BCUT2D eigenvalue weighted by atomic mass is 10.00. The van der Waals surface area contributed by atoms with Crippen LogP contribution < -0.4 is 4.90 Å². The molecule has 1 aromatic rings. The average molecular weight is 357 g/mol. The number of nitro groups is 1. The number of hydrogen-bond acceptors (Lipinski definition) is 4. The lowest BCUT2D eigenvalue weighted by molar-refractivity contribution is -0.384. The number of carboxylic acid groups (broad SMARTS) is 1. The monoisotopic (exact) mass is 356 g/mol.